The Morgan fingerprint density at radius 3 is 2.94 bits per heavy atom. The topological polar surface area (TPSA) is 96.2 Å². The van der Waals surface area contributed by atoms with E-state index >= 15 is 0 Å². The summed E-state index contributed by atoms with van der Waals surface area (Å²) in [6, 6.07) is 6.62. The van der Waals surface area contributed by atoms with Gasteiger partial charge in [-0.3, -0.25) is 10.1 Å². The number of benzene rings is 1. The predicted octanol–water partition coefficient (Wildman–Crippen LogP) is 1.39. The lowest BCUT2D eigenvalue weighted by atomic mass is 10.0. The molecule has 6 heteroatoms. The van der Waals surface area contributed by atoms with Crippen molar-refractivity contribution in [3.05, 3.63) is 33.9 Å². The Kier molecular flexibility index (Phi) is 3.44. The number of nitro benzene ring substituents is 1. The van der Waals surface area contributed by atoms with Gasteiger partial charge in [-0.1, -0.05) is 0 Å². The van der Waals surface area contributed by atoms with Gasteiger partial charge in [0.25, 0.3) is 5.69 Å². The SMILES string of the molecule is N#Cc1cc(N2CCCC(N)C2)ccc1[N+](=O)[O-]. The standard InChI is InChI=1S/C12H14N4O2/c13-7-9-6-11(3-4-12(9)16(17)18)15-5-1-2-10(14)8-15/h3-4,6,10H,1-2,5,8,14H2. The quantitative estimate of drug-likeness (QED) is 0.628. The molecule has 0 radical (unpaired) electrons. The van der Waals surface area contributed by atoms with Crippen molar-refractivity contribution >= 4 is 11.4 Å². The molecule has 1 aromatic carbocycles. The van der Waals surface area contributed by atoms with Crippen LogP contribution in [0.5, 0.6) is 0 Å². The van der Waals surface area contributed by atoms with Crippen LogP contribution in [0.4, 0.5) is 11.4 Å². The molecule has 1 saturated heterocycles. The molecular weight excluding hydrogens is 232 g/mol. The molecule has 1 fully saturated rings. The highest BCUT2D eigenvalue weighted by atomic mass is 16.6. The van der Waals surface area contributed by atoms with E-state index in [0.717, 1.165) is 31.6 Å². The first-order valence-electron chi connectivity index (χ1n) is 5.81. The Morgan fingerprint density at radius 1 is 1.56 bits per heavy atom. The van der Waals surface area contributed by atoms with E-state index in [1.54, 1.807) is 12.1 Å². The number of nitro groups is 1. The molecule has 6 nitrogen and oxygen atoms in total. The van der Waals surface area contributed by atoms with Crippen molar-refractivity contribution in [3.8, 4) is 6.07 Å². The van der Waals surface area contributed by atoms with Gasteiger partial charge in [-0.25, -0.2) is 0 Å². The first kappa shape index (κ1) is 12.3. The van der Waals surface area contributed by atoms with Crippen molar-refractivity contribution in [1.82, 2.24) is 0 Å². The summed E-state index contributed by atoms with van der Waals surface area (Å²) < 4.78 is 0. The van der Waals surface area contributed by atoms with Crippen molar-refractivity contribution in [1.29, 1.82) is 5.26 Å². The van der Waals surface area contributed by atoms with E-state index in [1.807, 2.05) is 6.07 Å². The van der Waals surface area contributed by atoms with E-state index in [-0.39, 0.29) is 17.3 Å². The molecule has 94 valence electrons. The number of anilines is 1. The Hall–Kier alpha value is -2.13. The zero-order chi connectivity index (χ0) is 13.1. The molecule has 2 rings (SSSR count). The van der Waals surface area contributed by atoms with Gasteiger partial charge in [-0.05, 0) is 25.0 Å². The summed E-state index contributed by atoms with van der Waals surface area (Å²) in [6.45, 7) is 1.60. The minimum Gasteiger partial charge on any atom is -0.370 e. The molecule has 1 aromatic rings. The summed E-state index contributed by atoms with van der Waals surface area (Å²) >= 11 is 0. The molecule has 1 heterocycles. The first-order chi connectivity index (χ1) is 8.61. The van der Waals surface area contributed by atoms with Crippen molar-refractivity contribution in [2.45, 2.75) is 18.9 Å². The van der Waals surface area contributed by atoms with Crippen LogP contribution < -0.4 is 10.6 Å². The third-order valence-electron chi connectivity index (χ3n) is 3.12. The second kappa shape index (κ2) is 5.02. The molecule has 1 aliphatic rings. The maximum absolute atomic E-state index is 10.7. The maximum atomic E-state index is 10.7. The highest BCUT2D eigenvalue weighted by Gasteiger charge is 2.20. The Balaban J connectivity index is 2.30. The van der Waals surface area contributed by atoms with Gasteiger partial charge in [-0.15, -0.1) is 0 Å². The summed E-state index contributed by atoms with van der Waals surface area (Å²) in [7, 11) is 0. The molecule has 0 amide bonds. The van der Waals surface area contributed by atoms with Gasteiger partial charge in [0.1, 0.15) is 11.6 Å². The summed E-state index contributed by atoms with van der Waals surface area (Å²) in [5.74, 6) is 0. The van der Waals surface area contributed by atoms with Crippen molar-refractivity contribution in [2.75, 3.05) is 18.0 Å². The van der Waals surface area contributed by atoms with E-state index in [4.69, 9.17) is 11.0 Å². The van der Waals surface area contributed by atoms with Crippen LogP contribution in [-0.2, 0) is 0 Å². The van der Waals surface area contributed by atoms with Gasteiger partial charge in [-0.2, -0.15) is 5.26 Å². The lowest BCUT2D eigenvalue weighted by Gasteiger charge is -2.32. The molecule has 0 aromatic heterocycles. The highest BCUT2D eigenvalue weighted by Crippen LogP contribution is 2.26. The fourth-order valence-corrected chi connectivity index (χ4v) is 2.21. The van der Waals surface area contributed by atoms with E-state index in [0.29, 0.717) is 0 Å². The molecule has 0 saturated carbocycles. The Morgan fingerprint density at radius 2 is 2.33 bits per heavy atom. The van der Waals surface area contributed by atoms with Gasteiger partial charge in [0.2, 0.25) is 0 Å². The van der Waals surface area contributed by atoms with Crippen LogP contribution in [0.15, 0.2) is 18.2 Å². The van der Waals surface area contributed by atoms with Gasteiger partial charge in [0.05, 0.1) is 4.92 Å². The largest absolute Gasteiger partial charge is 0.370 e. The lowest BCUT2D eigenvalue weighted by molar-refractivity contribution is -0.385. The molecule has 1 unspecified atom stereocenters. The smallest absolute Gasteiger partial charge is 0.287 e. The number of nitrogens with zero attached hydrogens (tertiary/aromatic N) is 3. The van der Waals surface area contributed by atoms with Crippen LogP contribution >= 0.6 is 0 Å². The molecule has 1 aliphatic heterocycles. The first-order valence-corrected chi connectivity index (χ1v) is 5.81. The summed E-state index contributed by atoms with van der Waals surface area (Å²) in [6.07, 6.45) is 1.99. The van der Waals surface area contributed by atoms with E-state index in [9.17, 15) is 10.1 Å². The van der Waals surface area contributed by atoms with E-state index < -0.39 is 4.92 Å². The van der Waals surface area contributed by atoms with Gasteiger partial charge >= 0.3 is 0 Å². The minimum absolute atomic E-state index is 0.0941. The van der Waals surface area contributed by atoms with Crippen LogP contribution in [0.2, 0.25) is 0 Å². The van der Waals surface area contributed by atoms with Crippen molar-refractivity contribution < 1.29 is 4.92 Å². The van der Waals surface area contributed by atoms with Crippen molar-refractivity contribution in [2.24, 2.45) is 5.73 Å². The van der Waals surface area contributed by atoms with Crippen LogP contribution in [0.3, 0.4) is 0 Å². The number of hydrogen-bond acceptors (Lipinski definition) is 5. The van der Waals surface area contributed by atoms with Crippen LogP contribution in [0.25, 0.3) is 0 Å². The Bertz CT molecular complexity index is 509. The van der Waals surface area contributed by atoms with Gasteiger partial charge < -0.3 is 10.6 Å². The van der Waals surface area contributed by atoms with E-state index in [2.05, 4.69) is 4.90 Å². The normalized spacial score (nSPS) is 19.3. The lowest BCUT2D eigenvalue weighted by Crippen LogP contribution is -2.42. The molecule has 18 heavy (non-hydrogen) atoms. The predicted molar refractivity (Wildman–Crippen MR) is 67.2 cm³/mol. The molecule has 0 aliphatic carbocycles. The third-order valence-corrected chi connectivity index (χ3v) is 3.12. The molecular formula is C12H14N4O2. The number of rotatable bonds is 2. The van der Waals surface area contributed by atoms with Crippen molar-refractivity contribution in [3.63, 3.8) is 0 Å². The molecule has 0 bridgehead atoms. The second-order valence-corrected chi connectivity index (χ2v) is 4.42. The van der Waals surface area contributed by atoms with Gasteiger partial charge in [0.15, 0.2) is 0 Å². The fraction of sp³-hybridized carbons (Fsp3) is 0.417. The highest BCUT2D eigenvalue weighted by molar-refractivity contribution is 5.60. The summed E-state index contributed by atoms with van der Waals surface area (Å²) in [4.78, 5) is 12.3. The maximum Gasteiger partial charge on any atom is 0.287 e. The summed E-state index contributed by atoms with van der Waals surface area (Å²) in [5.41, 5.74) is 6.67. The zero-order valence-electron chi connectivity index (χ0n) is 9.87. The molecule has 1 atom stereocenters. The van der Waals surface area contributed by atoms with Crippen LogP contribution in [0.1, 0.15) is 18.4 Å². The number of nitriles is 1. The molecule has 2 N–H and O–H groups in total. The Labute approximate surface area is 105 Å². The number of piperidine rings is 1. The summed E-state index contributed by atoms with van der Waals surface area (Å²) in [5, 5.41) is 19.7. The van der Waals surface area contributed by atoms with Gasteiger partial charge in [0, 0.05) is 30.9 Å². The van der Waals surface area contributed by atoms with Crippen LogP contribution in [0, 0.1) is 21.4 Å². The monoisotopic (exact) mass is 246 g/mol. The average Bonchev–Trinajstić information content (AvgIpc) is 2.37. The molecule has 0 spiro atoms. The zero-order valence-corrected chi connectivity index (χ0v) is 9.87. The average molecular weight is 246 g/mol. The number of hydrogen-bond donors (Lipinski definition) is 1. The fourth-order valence-electron chi connectivity index (χ4n) is 2.21. The van der Waals surface area contributed by atoms with E-state index in [1.165, 1.54) is 6.07 Å². The van der Waals surface area contributed by atoms with Crippen LogP contribution in [-0.4, -0.2) is 24.1 Å². The number of nitrogens with two attached hydrogens (primary N) is 1. The third kappa shape index (κ3) is 2.41. The minimum atomic E-state index is -0.537. The second-order valence-electron chi connectivity index (χ2n) is 4.42.